The van der Waals surface area contributed by atoms with Gasteiger partial charge in [0.2, 0.25) is 21.8 Å². The molecule has 2 aromatic carbocycles. The Hall–Kier alpha value is -2.91. The smallest absolute Gasteiger partial charge is 0.244 e. The first-order chi connectivity index (χ1) is 16.9. The summed E-state index contributed by atoms with van der Waals surface area (Å²) in [7, 11) is -3.90. The van der Waals surface area contributed by atoms with Gasteiger partial charge in [-0.3, -0.25) is 18.7 Å². The van der Waals surface area contributed by atoms with Gasteiger partial charge in [0.15, 0.2) is 5.78 Å². The second kappa shape index (κ2) is 12.9. The number of halogens is 1. The highest BCUT2D eigenvalue weighted by Crippen LogP contribution is 2.23. The lowest BCUT2D eigenvalue weighted by molar-refractivity contribution is -0.140. The molecule has 2 rings (SSSR count). The second-order valence-electron chi connectivity index (χ2n) is 8.73. The summed E-state index contributed by atoms with van der Waals surface area (Å²) in [5, 5.41) is 3.35. The van der Waals surface area contributed by atoms with Gasteiger partial charge in [-0.15, -0.1) is 0 Å². The number of amides is 2. The van der Waals surface area contributed by atoms with Gasteiger partial charge in [-0.25, -0.2) is 8.42 Å². The molecular formula is C26H34ClN3O5S. The molecule has 0 saturated heterocycles. The predicted octanol–water partition coefficient (Wildman–Crippen LogP) is 4.03. The van der Waals surface area contributed by atoms with Crippen LogP contribution < -0.4 is 9.62 Å². The fraction of sp³-hybridized carbons (Fsp3) is 0.423. The number of benzene rings is 2. The molecule has 0 aliphatic rings. The van der Waals surface area contributed by atoms with Crippen LogP contribution in [0.3, 0.4) is 0 Å². The molecule has 0 bridgehead atoms. The third kappa shape index (κ3) is 7.80. The van der Waals surface area contributed by atoms with Crippen molar-refractivity contribution in [2.75, 3.05) is 17.1 Å². The van der Waals surface area contributed by atoms with Crippen LogP contribution in [0.1, 0.15) is 56.5 Å². The highest BCUT2D eigenvalue weighted by Gasteiger charge is 2.32. The third-order valence-corrected chi connectivity index (χ3v) is 7.41. The first-order valence-corrected chi connectivity index (χ1v) is 14.0. The van der Waals surface area contributed by atoms with Crippen LogP contribution in [-0.2, 0) is 26.2 Å². The van der Waals surface area contributed by atoms with Gasteiger partial charge >= 0.3 is 0 Å². The molecule has 2 aromatic rings. The van der Waals surface area contributed by atoms with Crippen molar-refractivity contribution in [2.24, 2.45) is 0 Å². The van der Waals surface area contributed by atoms with Gasteiger partial charge in [-0.1, -0.05) is 55.8 Å². The van der Waals surface area contributed by atoms with Gasteiger partial charge in [0, 0.05) is 23.2 Å². The van der Waals surface area contributed by atoms with E-state index in [1.54, 1.807) is 43.3 Å². The number of Topliss-reactive ketones (excluding diaryl/α,β-unsaturated/α-hetero) is 1. The van der Waals surface area contributed by atoms with Gasteiger partial charge in [0.1, 0.15) is 12.6 Å². The standard InChI is InChI=1S/C26H34ClN3O5S/c1-6-18(3)28-26(33)24(7-2)29(16-21-11-8-9-14-23(21)27)25(32)17-30(36(5,34)35)22-13-10-12-20(15-22)19(4)31/h8-15,18,24H,6-7,16-17H2,1-5H3,(H,28,33)/t18-,24+/m0/s1. The highest BCUT2D eigenvalue weighted by atomic mass is 35.5. The number of hydrogen-bond donors (Lipinski definition) is 1. The monoisotopic (exact) mass is 535 g/mol. The van der Waals surface area contributed by atoms with Gasteiger partial charge in [0.25, 0.3) is 0 Å². The van der Waals surface area contributed by atoms with Gasteiger partial charge in [-0.2, -0.15) is 0 Å². The summed E-state index contributed by atoms with van der Waals surface area (Å²) in [6.45, 7) is 6.46. The summed E-state index contributed by atoms with van der Waals surface area (Å²) in [5.41, 5.74) is 1.14. The molecule has 2 atom stereocenters. The maximum Gasteiger partial charge on any atom is 0.244 e. The summed E-state index contributed by atoms with van der Waals surface area (Å²) in [6.07, 6.45) is 2.03. The second-order valence-corrected chi connectivity index (χ2v) is 11.0. The third-order valence-electron chi connectivity index (χ3n) is 5.91. The number of rotatable bonds is 12. The zero-order valence-electron chi connectivity index (χ0n) is 21.3. The first-order valence-electron chi connectivity index (χ1n) is 11.8. The Bertz CT molecular complexity index is 1200. The molecule has 0 fully saturated rings. The number of carbonyl (C=O) groups excluding carboxylic acids is 3. The van der Waals surface area contributed by atoms with Crippen molar-refractivity contribution >= 4 is 44.9 Å². The molecule has 0 aromatic heterocycles. The van der Waals surface area contributed by atoms with E-state index in [0.29, 0.717) is 22.6 Å². The molecule has 0 unspecified atom stereocenters. The van der Waals surface area contributed by atoms with E-state index >= 15 is 0 Å². The summed E-state index contributed by atoms with van der Waals surface area (Å²) in [4.78, 5) is 40.0. The largest absolute Gasteiger partial charge is 0.352 e. The van der Waals surface area contributed by atoms with Crippen molar-refractivity contribution in [2.45, 2.75) is 59.2 Å². The molecule has 2 amide bonds. The topological polar surface area (TPSA) is 104 Å². The van der Waals surface area contributed by atoms with E-state index in [9.17, 15) is 22.8 Å². The highest BCUT2D eigenvalue weighted by molar-refractivity contribution is 7.92. The lowest BCUT2D eigenvalue weighted by Crippen LogP contribution is -2.53. The number of ketones is 1. The minimum atomic E-state index is -3.90. The van der Waals surface area contributed by atoms with Gasteiger partial charge in [-0.05, 0) is 50.5 Å². The van der Waals surface area contributed by atoms with Gasteiger partial charge < -0.3 is 10.2 Å². The number of nitrogens with one attached hydrogen (secondary N) is 1. The van der Waals surface area contributed by atoms with E-state index in [2.05, 4.69) is 5.32 Å². The number of hydrogen-bond acceptors (Lipinski definition) is 5. The molecule has 8 nitrogen and oxygen atoms in total. The Kier molecular flexibility index (Phi) is 10.5. The van der Waals surface area contributed by atoms with Crippen molar-refractivity contribution in [1.82, 2.24) is 10.2 Å². The lowest BCUT2D eigenvalue weighted by atomic mass is 10.1. The molecule has 0 saturated carbocycles. The number of nitrogens with zero attached hydrogens (tertiary/aromatic N) is 2. The predicted molar refractivity (Wildman–Crippen MR) is 143 cm³/mol. The summed E-state index contributed by atoms with van der Waals surface area (Å²) in [6, 6.07) is 12.1. The summed E-state index contributed by atoms with van der Waals surface area (Å²) < 4.78 is 26.4. The van der Waals surface area contributed by atoms with Crippen LogP contribution in [0.15, 0.2) is 48.5 Å². The number of carbonyl (C=O) groups is 3. The molecule has 36 heavy (non-hydrogen) atoms. The van der Waals surface area contributed by atoms with Crippen LogP contribution >= 0.6 is 11.6 Å². The minimum Gasteiger partial charge on any atom is -0.352 e. The molecule has 1 N–H and O–H groups in total. The molecule has 0 spiro atoms. The Morgan fingerprint density at radius 3 is 2.25 bits per heavy atom. The van der Waals surface area contributed by atoms with E-state index < -0.39 is 28.5 Å². The van der Waals surface area contributed by atoms with Crippen LogP contribution in [0, 0.1) is 0 Å². The van der Waals surface area contributed by atoms with Crippen LogP contribution in [0.2, 0.25) is 5.02 Å². The average Bonchev–Trinajstić information content (AvgIpc) is 2.82. The summed E-state index contributed by atoms with van der Waals surface area (Å²) in [5.74, 6) is -1.12. The van der Waals surface area contributed by atoms with Crippen LogP contribution in [0.4, 0.5) is 5.69 Å². The van der Waals surface area contributed by atoms with Crippen molar-refractivity contribution in [3.05, 3.63) is 64.7 Å². The Labute approximate surface area is 218 Å². The van der Waals surface area contributed by atoms with E-state index in [1.807, 2.05) is 13.8 Å². The molecule has 0 aliphatic carbocycles. The normalized spacial score (nSPS) is 12.9. The maximum atomic E-state index is 13.7. The zero-order valence-corrected chi connectivity index (χ0v) is 22.9. The quantitative estimate of drug-likeness (QED) is 0.413. The maximum absolute atomic E-state index is 13.7. The van der Waals surface area contributed by atoms with E-state index in [4.69, 9.17) is 11.6 Å². The number of anilines is 1. The van der Waals surface area contributed by atoms with Crippen molar-refractivity contribution in [3.63, 3.8) is 0 Å². The lowest BCUT2D eigenvalue weighted by Gasteiger charge is -2.33. The fourth-order valence-corrected chi connectivity index (χ4v) is 4.70. The van der Waals surface area contributed by atoms with E-state index in [-0.39, 0.29) is 30.0 Å². The fourth-order valence-electron chi connectivity index (χ4n) is 3.66. The molecule has 0 aliphatic heterocycles. The van der Waals surface area contributed by atoms with Gasteiger partial charge in [0.05, 0.1) is 11.9 Å². The molecule has 10 heteroatoms. The molecule has 0 radical (unpaired) electrons. The molecule has 196 valence electrons. The van der Waals surface area contributed by atoms with Crippen LogP contribution in [-0.4, -0.2) is 55.8 Å². The van der Waals surface area contributed by atoms with Crippen molar-refractivity contribution < 1.29 is 22.8 Å². The van der Waals surface area contributed by atoms with E-state index in [1.165, 1.54) is 24.0 Å². The summed E-state index contributed by atoms with van der Waals surface area (Å²) >= 11 is 6.35. The number of sulfonamides is 1. The first kappa shape index (κ1) is 29.3. The zero-order chi connectivity index (χ0) is 27.0. The Morgan fingerprint density at radius 1 is 1.03 bits per heavy atom. The van der Waals surface area contributed by atoms with Crippen molar-refractivity contribution in [1.29, 1.82) is 0 Å². The Balaban J connectivity index is 2.49. The SMILES string of the molecule is CC[C@H](C(=O)N[C@@H](C)CC)N(Cc1ccccc1Cl)C(=O)CN(c1cccc(C(C)=O)c1)S(C)(=O)=O. The minimum absolute atomic E-state index is 0.0238. The average molecular weight is 536 g/mol. The Morgan fingerprint density at radius 2 is 1.69 bits per heavy atom. The van der Waals surface area contributed by atoms with Crippen LogP contribution in [0.25, 0.3) is 0 Å². The van der Waals surface area contributed by atoms with Crippen LogP contribution in [0.5, 0.6) is 0 Å². The van der Waals surface area contributed by atoms with E-state index in [0.717, 1.165) is 17.0 Å². The molecular weight excluding hydrogens is 502 g/mol. The van der Waals surface area contributed by atoms with Crippen molar-refractivity contribution in [3.8, 4) is 0 Å². The molecule has 0 heterocycles.